The van der Waals surface area contributed by atoms with Crippen molar-refractivity contribution in [2.45, 2.75) is 13.0 Å². The van der Waals surface area contributed by atoms with Crippen LogP contribution >= 0.6 is 15.9 Å². The Labute approximate surface area is 123 Å². The van der Waals surface area contributed by atoms with Gasteiger partial charge in [0.15, 0.2) is 0 Å². The molecule has 0 aliphatic carbocycles. The molecular weight excluding hydrogens is 328 g/mol. The van der Waals surface area contributed by atoms with Gasteiger partial charge in [-0.1, -0.05) is 46.3 Å². The third-order valence-electron chi connectivity index (χ3n) is 2.88. The lowest BCUT2D eigenvalue weighted by Gasteiger charge is -2.15. The molecule has 20 heavy (non-hydrogen) atoms. The Morgan fingerprint density at radius 1 is 1.15 bits per heavy atom. The van der Waals surface area contributed by atoms with Crippen molar-refractivity contribution in [3.8, 4) is 0 Å². The maximum atomic E-state index is 13.7. The molecule has 0 fully saturated rings. The third kappa shape index (κ3) is 3.22. The predicted molar refractivity (Wildman–Crippen MR) is 76.4 cm³/mol. The molecule has 104 valence electrons. The van der Waals surface area contributed by atoms with Gasteiger partial charge in [-0.05, 0) is 24.6 Å². The molecule has 1 N–H and O–H groups in total. The van der Waals surface area contributed by atoms with Gasteiger partial charge in [0.2, 0.25) is 0 Å². The summed E-state index contributed by atoms with van der Waals surface area (Å²) in [5.74, 6) is -2.56. The van der Waals surface area contributed by atoms with Crippen molar-refractivity contribution < 1.29 is 13.6 Å². The van der Waals surface area contributed by atoms with Gasteiger partial charge >= 0.3 is 0 Å². The molecule has 0 saturated carbocycles. The fourth-order valence-electron chi connectivity index (χ4n) is 1.85. The van der Waals surface area contributed by atoms with Gasteiger partial charge in [0.25, 0.3) is 5.91 Å². The molecule has 1 amide bonds. The highest BCUT2D eigenvalue weighted by Crippen LogP contribution is 2.20. The van der Waals surface area contributed by atoms with E-state index in [9.17, 15) is 13.6 Å². The number of nitrogens with one attached hydrogen (secondary N) is 1. The molecule has 0 aromatic heterocycles. The van der Waals surface area contributed by atoms with E-state index in [4.69, 9.17) is 0 Å². The van der Waals surface area contributed by atoms with Crippen LogP contribution in [0.1, 0.15) is 28.9 Å². The Morgan fingerprint density at radius 3 is 2.25 bits per heavy atom. The average Bonchev–Trinajstić information content (AvgIpc) is 2.38. The smallest absolute Gasteiger partial charge is 0.257 e. The Morgan fingerprint density at radius 2 is 1.70 bits per heavy atom. The number of hydrogen-bond acceptors (Lipinski definition) is 1. The molecule has 2 rings (SSSR count). The first-order valence-electron chi connectivity index (χ1n) is 5.99. The van der Waals surface area contributed by atoms with Crippen LogP contribution in [0, 0.1) is 11.6 Å². The van der Waals surface area contributed by atoms with Gasteiger partial charge in [-0.25, -0.2) is 8.78 Å². The summed E-state index contributed by atoms with van der Waals surface area (Å²) in [7, 11) is 0. The molecule has 0 spiro atoms. The van der Waals surface area contributed by atoms with Crippen LogP contribution in [0.2, 0.25) is 0 Å². The van der Waals surface area contributed by atoms with Crippen LogP contribution in [0.4, 0.5) is 8.78 Å². The lowest BCUT2D eigenvalue weighted by Crippen LogP contribution is -2.28. The molecule has 5 heteroatoms. The summed E-state index contributed by atoms with van der Waals surface area (Å²) in [4.78, 5) is 12.0. The largest absolute Gasteiger partial charge is 0.345 e. The van der Waals surface area contributed by atoms with Crippen molar-refractivity contribution in [2.24, 2.45) is 0 Å². The number of hydrogen-bond donors (Lipinski definition) is 1. The van der Waals surface area contributed by atoms with Crippen molar-refractivity contribution >= 4 is 21.8 Å². The molecule has 2 nitrogen and oxygen atoms in total. The maximum absolute atomic E-state index is 13.7. The Balaban J connectivity index is 2.21. The highest BCUT2D eigenvalue weighted by molar-refractivity contribution is 9.10. The van der Waals surface area contributed by atoms with Crippen molar-refractivity contribution in [3.63, 3.8) is 0 Å². The molecule has 0 aliphatic rings. The fraction of sp³-hybridized carbons (Fsp3) is 0.133. The standard InChI is InChI=1S/C15H12BrF2NO/c1-9(10-5-3-2-4-6-10)19-15(20)14-12(17)7-11(16)8-13(14)18/h2-9H,1H3,(H,19,20). The van der Waals surface area contributed by atoms with E-state index >= 15 is 0 Å². The van der Waals surface area contributed by atoms with E-state index in [-0.39, 0.29) is 10.5 Å². The minimum Gasteiger partial charge on any atom is -0.345 e. The van der Waals surface area contributed by atoms with E-state index in [1.807, 2.05) is 30.3 Å². The molecular formula is C15H12BrF2NO. The summed E-state index contributed by atoms with van der Waals surface area (Å²) in [6.45, 7) is 1.75. The van der Waals surface area contributed by atoms with Crippen LogP contribution in [0.5, 0.6) is 0 Å². The highest BCUT2D eigenvalue weighted by atomic mass is 79.9. The molecule has 0 saturated heterocycles. The summed E-state index contributed by atoms with van der Waals surface area (Å²) in [5.41, 5.74) is 0.287. The molecule has 1 unspecified atom stereocenters. The predicted octanol–water partition coefficient (Wildman–Crippen LogP) is 4.22. The molecule has 2 aromatic rings. The second kappa shape index (κ2) is 6.13. The summed E-state index contributed by atoms with van der Waals surface area (Å²) in [5, 5.41) is 2.58. The van der Waals surface area contributed by atoms with Gasteiger partial charge in [0.1, 0.15) is 17.2 Å². The van der Waals surface area contributed by atoms with Crippen LogP contribution in [0.25, 0.3) is 0 Å². The lowest BCUT2D eigenvalue weighted by atomic mass is 10.1. The van der Waals surface area contributed by atoms with Gasteiger partial charge < -0.3 is 5.32 Å². The van der Waals surface area contributed by atoms with Crippen LogP contribution in [0.3, 0.4) is 0 Å². The van der Waals surface area contributed by atoms with Crippen molar-refractivity contribution in [1.29, 1.82) is 0 Å². The lowest BCUT2D eigenvalue weighted by molar-refractivity contribution is 0.0931. The van der Waals surface area contributed by atoms with E-state index in [1.165, 1.54) is 0 Å². The molecule has 2 aromatic carbocycles. The molecule has 0 radical (unpaired) electrons. The molecule has 0 bridgehead atoms. The van der Waals surface area contributed by atoms with E-state index in [0.29, 0.717) is 0 Å². The highest BCUT2D eigenvalue weighted by Gasteiger charge is 2.20. The zero-order valence-electron chi connectivity index (χ0n) is 10.7. The van der Waals surface area contributed by atoms with E-state index in [2.05, 4.69) is 21.2 Å². The van der Waals surface area contributed by atoms with Gasteiger partial charge in [-0.15, -0.1) is 0 Å². The number of rotatable bonds is 3. The van der Waals surface area contributed by atoms with Gasteiger partial charge in [-0.3, -0.25) is 4.79 Å². The van der Waals surface area contributed by atoms with Crippen LogP contribution in [0.15, 0.2) is 46.9 Å². The topological polar surface area (TPSA) is 29.1 Å². The summed E-state index contributed by atoms with van der Waals surface area (Å²) >= 11 is 2.97. The van der Waals surface area contributed by atoms with E-state index in [1.54, 1.807) is 6.92 Å². The van der Waals surface area contributed by atoms with Crippen LogP contribution < -0.4 is 5.32 Å². The monoisotopic (exact) mass is 339 g/mol. The number of amides is 1. The van der Waals surface area contributed by atoms with E-state index in [0.717, 1.165) is 17.7 Å². The second-order valence-corrected chi connectivity index (χ2v) is 5.27. The van der Waals surface area contributed by atoms with Gasteiger partial charge in [0.05, 0.1) is 6.04 Å². The summed E-state index contributed by atoms with van der Waals surface area (Å²) < 4.78 is 27.6. The number of halogens is 3. The Kier molecular flexibility index (Phi) is 4.49. The van der Waals surface area contributed by atoms with Gasteiger partial charge in [-0.2, -0.15) is 0 Å². The maximum Gasteiger partial charge on any atom is 0.257 e. The fourth-order valence-corrected chi connectivity index (χ4v) is 2.25. The SMILES string of the molecule is CC(NC(=O)c1c(F)cc(Br)cc1F)c1ccccc1. The molecule has 0 aliphatic heterocycles. The van der Waals surface area contributed by atoms with Crippen molar-refractivity contribution in [2.75, 3.05) is 0 Å². The number of benzene rings is 2. The molecule has 0 heterocycles. The van der Waals surface area contributed by atoms with Crippen molar-refractivity contribution in [1.82, 2.24) is 5.32 Å². The zero-order chi connectivity index (χ0) is 14.7. The number of carbonyl (C=O) groups excluding carboxylic acids is 1. The Bertz CT molecular complexity index is 608. The minimum absolute atomic E-state index is 0.250. The first-order chi connectivity index (χ1) is 9.49. The third-order valence-corrected chi connectivity index (χ3v) is 3.34. The summed E-state index contributed by atoms with van der Waals surface area (Å²) in [6.07, 6.45) is 0. The van der Waals surface area contributed by atoms with Crippen LogP contribution in [-0.4, -0.2) is 5.91 Å². The Hall–Kier alpha value is -1.75. The normalized spacial score (nSPS) is 12.0. The minimum atomic E-state index is -0.894. The van der Waals surface area contributed by atoms with Crippen molar-refractivity contribution in [3.05, 3.63) is 69.7 Å². The van der Waals surface area contributed by atoms with E-state index < -0.39 is 23.1 Å². The van der Waals surface area contributed by atoms with Crippen LogP contribution in [-0.2, 0) is 0 Å². The molecule has 1 atom stereocenters. The summed E-state index contributed by atoms with van der Waals surface area (Å²) in [6, 6.07) is 11.0. The first kappa shape index (κ1) is 14.7. The van der Waals surface area contributed by atoms with Gasteiger partial charge in [0, 0.05) is 4.47 Å². The second-order valence-electron chi connectivity index (χ2n) is 4.35. The zero-order valence-corrected chi connectivity index (χ0v) is 12.2. The quantitative estimate of drug-likeness (QED) is 0.891. The average molecular weight is 340 g/mol. The first-order valence-corrected chi connectivity index (χ1v) is 6.78. The number of carbonyl (C=O) groups is 1.